The van der Waals surface area contributed by atoms with E-state index in [4.69, 9.17) is 11.6 Å². The van der Waals surface area contributed by atoms with Crippen LogP contribution in [-0.2, 0) is 4.79 Å². The van der Waals surface area contributed by atoms with Crippen molar-refractivity contribution >= 4 is 39.9 Å². The summed E-state index contributed by atoms with van der Waals surface area (Å²) in [6.07, 6.45) is 2.14. The largest absolute Gasteiger partial charge is 0.369 e. The van der Waals surface area contributed by atoms with Crippen molar-refractivity contribution in [2.24, 2.45) is 0 Å². The van der Waals surface area contributed by atoms with E-state index in [-0.39, 0.29) is 5.91 Å². The summed E-state index contributed by atoms with van der Waals surface area (Å²) in [5, 5.41) is 4.54. The molecule has 1 fully saturated rings. The number of benzene rings is 2. The highest BCUT2D eigenvalue weighted by molar-refractivity contribution is 6.36. The molecule has 1 aliphatic rings. The molecule has 2 N–H and O–H groups in total. The molecule has 0 saturated carbocycles. The van der Waals surface area contributed by atoms with Crippen LogP contribution < -0.4 is 10.2 Å². The zero-order valence-electron chi connectivity index (χ0n) is 20.4. The van der Waals surface area contributed by atoms with Gasteiger partial charge in [0.05, 0.1) is 10.7 Å². The third kappa shape index (κ3) is 4.64. The van der Waals surface area contributed by atoms with Crippen LogP contribution in [0.1, 0.15) is 18.9 Å². The number of pyridine rings is 1. The molecular formula is C28H30ClN5O. The van der Waals surface area contributed by atoms with Crippen LogP contribution in [0.4, 0.5) is 11.4 Å². The molecule has 0 atom stereocenters. The number of aromatic amines is 1. The Morgan fingerprint density at radius 2 is 1.77 bits per heavy atom. The minimum atomic E-state index is -0.0106. The van der Waals surface area contributed by atoms with Crippen molar-refractivity contribution in [1.29, 1.82) is 0 Å². The average molecular weight is 488 g/mol. The Morgan fingerprint density at radius 3 is 2.49 bits per heavy atom. The minimum Gasteiger partial charge on any atom is -0.369 e. The molecule has 0 radical (unpaired) electrons. The molecule has 1 saturated heterocycles. The molecule has 1 amide bonds. The second-order valence-corrected chi connectivity index (χ2v) is 9.57. The van der Waals surface area contributed by atoms with Crippen molar-refractivity contribution in [2.75, 3.05) is 43.4 Å². The average Bonchev–Trinajstić information content (AvgIpc) is 3.27. The molecule has 4 aromatic rings. The van der Waals surface area contributed by atoms with Gasteiger partial charge in [-0.15, -0.1) is 0 Å². The predicted molar refractivity (Wildman–Crippen MR) is 145 cm³/mol. The van der Waals surface area contributed by atoms with Crippen molar-refractivity contribution in [3.8, 4) is 22.4 Å². The number of likely N-dealkylation sites (N-methyl/N-ethyl adjacent to an activating group) is 1. The van der Waals surface area contributed by atoms with Crippen LogP contribution in [0, 0.1) is 6.92 Å². The van der Waals surface area contributed by atoms with Crippen LogP contribution in [0.15, 0.2) is 54.7 Å². The zero-order valence-corrected chi connectivity index (χ0v) is 21.1. The van der Waals surface area contributed by atoms with Crippen molar-refractivity contribution < 1.29 is 4.79 Å². The molecular weight excluding hydrogens is 458 g/mol. The Labute approximate surface area is 210 Å². The van der Waals surface area contributed by atoms with E-state index in [0.29, 0.717) is 11.4 Å². The first-order valence-electron chi connectivity index (χ1n) is 12.1. The third-order valence-corrected chi connectivity index (χ3v) is 7.10. The Bertz CT molecular complexity index is 1370. The molecule has 2 aromatic heterocycles. The van der Waals surface area contributed by atoms with Gasteiger partial charge < -0.3 is 20.1 Å². The van der Waals surface area contributed by atoms with E-state index in [2.05, 4.69) is 62.5 Å². The number of piperazine rings is 1. The lowest BCUT2D eigenvalue weighted by atomic mass is 9.97. The first kappa shape index (κ1) is 23.4. The highest BCUT2D eigenvalue weighted by Gasteiger charge is 2.20. The quantitative estimate of drug-likeness (QED) is 0.364. The van der Waals surface area contributed by atoms with Crippen molar-refractivity contribution in [3.63, 3.8) is 0 Å². The number of nitrogens with one attached hydrogen (secondary N) is 2. The fraction of sp³-hybridized carbons (Fsp3) is 0.286. The number of rotatable bonds is 5. The summed E-state index contributed by atoms with van der Waals surface area (Å²) < 4.78 is 0. The fourth-order valence-corrected chi connectivity index (χ4v) is 4.88. The number of fused-ring (bicyclic) bond motifs is 1. The second kappa shape index (κ2) is 9.72. The number of anilines is 2. The number of H-pyrrole nitrogens is 1. The molecule has 35 heavy (non-hydrogen) atoms. The summed E-state index contributed by atoms with van der Waals surface area (Å²) in [5.74, 6) is -0.0106. The van der Waals surface area contributed by atoms with Gasteiger partial charge in [0.25, 0.3) is 0 Å². The normalized spacial score (nSPS) is 14.5. The van der Waals surface area contributed by atoms with Gasteiger partial charge in [0.2, 0.25) is 5.91 Å². The van der Waals surface area contributed by atoms with Gasteiger partial charge in [0.15, 0.2) is 0 Å². The van der Waals surface area contributed by atoms with E-state index in [9.17, 15) is 4.79 Å². The predicted octanol–water partition coefficient (Wildman–Crippen LogP) is 5.96. The second-order valence-electron chi connectivity index (χ2n) is 9.16. The highest BCUT2D eigenvalue weighted by Crippen LogP contribution is 2.42. The fourth-order valence-electron chi connectivity index (χ4n) is 4.64. The number of carbonyl (C=O) groups is 1. The Kier molecular flexibility index (Phi) is 6.50. The van der Waals surface area contributed by atoms with Gasteiger partial charge >= 0.3 is 0 Å². The summed E-state index contributed by atoms with van der Waals surface area (Å²) in [4.78, 5) is 25.0. The molecule has 6 nitrogen and oxygen atoms in total. The summed E-state index contributed by atoms with van der Waals surface area (Å²) >= 11 is 6.69. The molecule has 0 spiro atoms. The number of aromatic nitrogens is 2. The number of hydrogen-bond donors (Lipinski definition) is 2. The topological polar surface area (TPSA) is 64.3 Å². The summed E-state index contributed by atoms with van der Waals surface area (Å²) in [5.41, 5.74) is 7.77. The van der Waals surface area contributed by atoms with E-state index in [1.807, 2.05) is 32.0 Å². The number of hydrogen-bond acceptors (Lipinski definition) is 4. The van der Waals surface area contributed by atoms with Crippen LogP contribution in [0.2, 0.25) is 5.02 Å². The summed E-state index contributed by atoms with van der Waals surface area (Å²) in [6.45, 7) is 8.05. The third-order valence-electron chi connectivity index (χ3n) is 6.79. The molecule has 3 heterocycles. The van der Waals surface area contributed by atoms with Gasteiger partial charge in [-0.2, -0.15) is 0 Å². The van der Waals surface area contributed by atoms with Gasteiger partial charge in [0.1, 0.15) is 5.65 Å². The highest BCUT2D eigenvalue weighted by atomic mass is 35.5. The van der Waals surface area contributed by atoms with Crippen LogP contribution >= 0.6 is 11.6 Å². The number of nitrogens with zero attached hydrogens (tertiary/aromatic N) is 3. The van der Waals surface area contributed by atoms with Gasteiger partial charge in [0, 0.05) is 61.1 Å². The lowest BCUT2D eigenvalue weighted by molar-refractivity contribution is -0.115. The van der Waals surface area contributed by atoms with Gasteiger partial charge in [-0.1, -0.05) is 42.8 Å². The van der Waals surface area contributed by atoms with Crippen LogP contribution in [-0.4, -0.2) is 54.0 Å². The van der Waals surface area contributed by atoms with Crippen LogP contribution in [0.25, 0.3) is 33.4 Å². The maximum atomic E-state index is 12.1. The van der Waals surface area contributed by atoms with Crippen LogP contribution in [0.5, 0.6) is 0 Å². The van der Waals surface area contributed by atoms with E-state index in [1.165, 1.54) is 5.69 Å². The number of amides is 1. The molecule has 180 valence electrons. The lowest BCUT2D eigenvalue weighted by Gasteiger charge is -2.34. The monoisotopic (exact) mass is 487 g/mol. The number of halogens is 1. The first-order valence-corrected chi connectivity index (χ1v) is 12.4. The van der Waals surface area contributed by atoms with E-state index in [1.54, 1.807) is 6.20 Å². The summed E-state index contributed by atoms with van der Waals surface area (Å²) in [7, 11) is 2.17. The van der Waals surface area contributed by atoms with Crippen molar-refractivity contribution in [3.05, 3.63) is 65.3 Å². The maximum Gasteiger partial charge on any atom is 0.224 e. The van der Waals surface area contributed by atoms with E-state index >= 15 is 0 Å². The molecule has 2 aromatic carbocycles. The van der Waals surface area contributed by atoms with Crippen molar-refractivity contribution in [2.45, 2.75) is 20.3 Å². The van der Waals surface area contributed by atoms with E-state index < -0.39 is 0 Å². The zero-order chi connectivity index (χ0) is 24.5. The first-order chi connectivity index (χ1) is 16.9. The van der Waals surface area contributed by atoms with E-state index in [0.717, 1.165) is 70.8 Å². The smallest absolute Gasteiger partial charge is 0.224 e. The lowest BCUT2D eigenvalue weighted by Crippen LogP contribution is -2.44. The molecule has 1 aliphatic heterocycles. The number of carbonyl (C=O) groups excluding carboxylic acids is 1. The molecule has 0 aliphatic carbocycles. The van der Waals surface area contributed by atoms with Crippen molar-refractivity contribution in [1.82, 2.24) is 14.9 Å². The van der Waals surface area contributed by atoms with Gasteiger partial charge in [-0.25, -0.2) is 4.98 Å². The number of aryl methyl sites for hydroxylation is 1. The Hall–Kier alpha value is -3.35. The molecule has 0 unspecified atom stereocenters. The van der Waals surface area contributed by atoms with Crippen LogP contribution in [0.3, 0.4) is 0 Å². The Balaban J connectivity index is 1.60. The summed E-state index contributed by atoms with van der Waals surface area (Å²) in [6, 6.07) is 16.6. The molecule has 5 rings (SSSR count). The minimum absolute atomic E-state index is 0.0106. The SMILES string of the molecule is CCC(=O)Nc1cc(-c2c(-c3ccc(N4CCN(C)CC4)cc3)[nH]c3nccc(Cl)c23)ccc1C. The molecule has 7 heteroatoms. The molecule has 0 bridgehead atoms. The van der Waals surface area contributed by atoms with Gasteiger partial charge in [-0.3, -0.25) is 4.79 Å². The Morgan fingerprint density at radius 1 is 1.06 bits per heavy atom. The standard InChI is InChI=1S/C28H30ClN5O/c1-4-24(35)31-23-17-20(6-5-18(23)2)25-26-22(29)11-12-30-28(26)32-27(25)19-7-9-21(10-8-19)34-15-13-33(3)14-16-34/h5-12,17H,4,13-16H2,1-3H3,(H,30,32)(H,31,35). The van der Waals surface area contributed by atoms with Gasteiger partial charge in [-0.05, 0) is 54.9 Å². The maximum absolute atomic E-state index is 12.1.